The fourth-order valence-corrected chi connectivity index (χ4v) is 5.76. The number of fused-ring (bicyclic) bond motifs is 1. The molecule has 0 N–H and O–H groups in total. The third-order valence-electron chi connectivity index (χ3n) is 7.13. The van der Waals surface area contributed by atoms with Crippen LogP contribution >= 0.6 is 0 Å². The van der Waals surface area contributed by atoms with E-state index >= 15 is 0 Å². The van der Waals surface area contributed by atoms with Crippen LogP contribution in [0.2, 0.25) is 0 Å². The monoisotopic (exact) mass is 361 g/mol. The first-order valence-corrected chi connectivity index (χ1v) is 10.8. The zero-order chi connectivity index (χ0) is 18.4. The molecule has 0 spiro atoms. The van der Waals surface area contributed by atoms with E-state index in [2.05, 4.69) is 35.5 Å². The second kappa shape index (κ2) is 7.14. The average molecular weight is 362 g/mol. The van der Waals surface area contributed by atoms with Crippen LogP contribution < -0.4 is 0 Å². The van der Waals surface area contributed by atoms with Crippen molar-refractivity contribution in [3.05, 3.63) is 0 Å². The van der Waals surface area contributed by atoms with Gasteiger partial charge in [0, 0.05) is 44.7 Å². The maximum atomic E-state index is 13.1. The van der Waals surface area contributed by atoms with E-state index in [-0.39, 0.29) is 6.04 Å². The minimum absolute atomic E-state index is 0.0274. The first kappa shape index (κ1) is 18.3. The molecule has 4 aliphatic rings. The van der Waals surface area contributed by atoms with Gasteiger partial charge < -0.3 is 9.80 Å². The Labute approximate surface area is 158 Å². The van der Waals surface area contributed by atoms with Crippen molar-refractivity contribution in [3.63, 3.8) is 0 Å². The van der Waals surface area contributed by atoms with Crippen LogP contribution in [0.5, 0.6) is 0 Å². The fourth-order valence-electron chi connectivity index (χ4n) is 5.76. The summed E-state index contributed by atoms with van der Waals surface area (Å²) in [6.07, 6.45) is 6.36. The van der Waals surface area contributed by atoms with Crippen molar-refractivity contribution in [2.45, 2.75) is 77.4 Å². The maximum absolute atomic E-state index is 13.1. The third kappa shape index (κ3) is 3.51. The summed E-state index contributed by atoms with van der Waals surface area (Å²) >= 11 is 0. The topological polar surface area (TPSA) is 43.9 Å². The van der Waals surface area contributed by atoms with Gasteiger partial charge in [0.1, 0.15) is 0 Å². The lowest BCUT2D eigenvalue weighted by atomic mass is 9.82. The Balaban J connectivity index is 1.38. The number of carbonyl (C=O) groups excluding carboxylic acids is 2. The number of rotatable bonds is 3. The molecular formula is C21H35N3O2. The van der Waals surface area contributed by atoms with Crippen LogP contribution in [0.15, 0.2) is 0 Å². The Morgan fingerprint density at radius 1 is 1.04 bits per heavy atom. The van der Waals surface area contributed by atoms with Crippen molar-refractivity contribution in [1.29, 1.82) is 0 Å². The molecule has 0 aromatic rings. The molecule has 4 fully saturated rings. The number of hydrogen-bond acceptors (Lipinski definition) is 3. The average Bonchev–Trinajstić information content (AvgIpc) is 3.44. The Kier molecular flexibility index (Phi) is 5.02. The fraction of sp³-hybridized carbons (Fsp3) is 0.905. The van der Waals surface area contributed by atoms with Crippen molar-refractivity contribution in [2.75, 3.05) is 26.2 Å². The van der Waals surface area contributed by atoms with Crippen molar-refractivity contribution in [1.82, 2.24) is 14.7 Å². The smallest absolute Gasteiger partial charge is 0.239 e. The molecule has 0 aromatic heterocycles. The molecule has 26 heavy (non-hydrogen) atoms. The van der Waals surface area contributed by atoms with Crippen LogP contribution in [0.4, 0.5) is 0 Å². The molecule has 146 valence electrons. The Morgan fingerprint density at radius 2 is 1.73 bits per heavy atom. The summed E-state index contributed by atoms with van der Waals surface area (Å²) in [6.45, 7) is 10.4. The molecule has 3 saturated heterocycles. The summed E-state index contributed by atoms with van der Waals surface area (Å²) in [5, 5.41) is 0. The lowest BCUT2D eigenvalue weighted by Gasteiger charge is -2.49. The first-order chi connectivity index (χ1) is 12.4. The molecule has 2 amide bonds. The van der Waals surface area contributed by atoms with Gasteiger partial charge in [0.05, 0.1) is 6.04 Å². The third-order valence-corrected chi connectivity index (χ3v) is 7.13. The molecule has 3 heterocycles. The van der Waals surface area contributed by atoms with Crippen molar-refractivity contribution < 1.29 is 9.59 Å². The van der Waals surface area contributed by atoms with E-state index in [0.717, 1.165) is 39.0 Å². The molecule has 5 heteroatoms. The van der Waals surface area contributed by atoms with E-state index < -0.39 is 0 Å². The van der Waals surface area contributed by atoms with Gasteiger partial charge in [-0.1, -0.05) is 13.8 Å². The number of amides is 2. The highest BCUT2D eigenvalue weighted by Crippen LogP contribution is 2.39. The number of likely N-dealkylation sites (tertiary alicyclic amines) is 3. The standard InChI is InChI=1S/C21H35N3O2/c1-14-10-15(2)12-23(11-14)21(26)16(3)22-9-8-19-17(13-22)4-7-20(25)24(19)18-5-6-18/h14-19H,4-13H2,1-3H3/t14-,15+,16-,17+,19+/m0/s1. The van der Waals surface area contributed by atoms with E-state index in [0.29, 0.717) is 48.1 Å². The van der Waals surface area contributed by atoms with Gasteiger partial charge in [0.15, 0.2) is 0 Å². The summed E-state index contributed by atoms with van der Waals surface area (Å²) in [5.74, 6) is 2.46. The maximum Gasteiger partial charge on any atom is 0.239 e. The van der Waals surface area contributed by atoms with Gasteiger partial charge in [0.25, 0.3) is 0 Å². The normalized spacial score (nSPS) is 37.4. The predicted octanol–water partition coefficient (Wildman–Crippen LogP) is 2.35. The summed E-state index contributed by atoms with van der Waals surface area (Å²) < 4.78 is 0. The molecular weight excluding hydrogens is 326 g/mol. The van der Waals surface area contributed by atoms with Gasteiger partial charge in [-0.25, -0.2) is 0 Å². The molecule has 0 unspecified atom stereocenters. The van der Waals surface area contributed by atoms with Gasteiger partial charge in [-0.15, -0.1) is 0 Å². The van der Waals surface area contributed by atoms with Gasteiger partial charge >= 0.3 is 0 Å². The summed E-state index contributed by atoms with van der Waals surface area (Å²) in [4.78, 5) is 32.2. The van der Waals surface area contributed by atoms with Crippen LogP contribution in [0.3, 0.4) is 0 Å². The number of carbonyl (C=O) groups is 2. The molecule has 4 rings (SSSR count). The van der Waals surface area contributed by atoms with Gasteiger partial charge in [0.2, 0.25) is 11.8 Å². The van der Waals surface area contributed by atoms with Gasteiger partial charge in [-0.3, -0.25) is 14.5 Å². The zero-order valence-electron chi connectivity index (χ0n) is 16.7. The number of nitrogens with zero attached hydrogens (tertiary/aromatic N) is 3. The van der Waals surface area contributed by atoms with Gasteiger partial charge in [-0.2, -0.15) is 0 Å². The lowest BCUT2D eigenvalue weighted by Crippen LogP contribution is -2.60. The summed E-state index contributed by atoms with van der Waals surface area (Å²) in [7, 11) is 0. The van der Waals surface area contributed by atoms with E-state index in [4.69, 9.17) is 0 Å². The second-order valence-electron chi connectivity index (χ2n) is 9.55. The largest absolute Gasteiger partial charge is 0.341 e. The number of piperidine rings is 3. The second-order valence-corrected chi connectivity index (χ2v) is 9.55. The lowest BCUT2D eigenvalue weighted by molar-refractivity contribution is -0.146. The summed E-state index contributed by atoms with van der Waals surface area (Å²) in [5.41, 5.74) is 0. The van der Waals surface area contributed by atoms with Crippen molar-refractivity contribution in [3.8, 4) is 0 Å². The van der Waals surface area contributed by atoms with Crippen LogP contribution in [-0.4, -0.2) is 70.8 Å². The van der Waals surface area contributed by atoms with E-state index in [9.17, 15) is 9.59 Å². The Hall–Kier alpha value is -1.10. The van der Waals surface area contributed by atoms with Crippen LogP contribution in [-0.2, 0) is 9.59 Å². The molecule has 0 radical (unpaired) electrons. The first-order valence-electron chi connectivity index (χ1n) is 10.8. The molecule has 0 aromatic carbocycles. The predicted molar refractivity (Wildman–Crippen MR) is 102 cm³/mol. The summed E-state index contributed by atoms with van der Waals surface area (Å²) in [6, 6.07) is 0.926. The minimum atomic E-state index is -0.0274. The van der Waals surface area contributed by atoms with Crippen LogP contribution in [0, 0.1) is 17.8 Å². The number of hydrogen-bond donors (Lipinski definition) is 0. The van der Waals surface area contributed by atoms with Crippen LogP contribution in [0.25, 0.3) is 0 Å². The van der Waals surface area contributed by atoms with E-state index in [1.807, 2.05) is 0 Å². The molecule has 5 nitrogen and oxygen atoms in total. The van der Waals surface area contributed by atoms with E-state index in [1.54, 1.807) is 0 Å². The molecule has 3 aliphatic heterocycles. The highest BCUT2D eigenvalue weighted by atomic mass is 16.2. The Morgan fingerprint density at radius 3 is 2.38 bits per heavy atom. The molecule has 1 saturated carbocycles. The minimum Gasteiger partial charge on any atom is -0.341 e. The highest BCUT2D eigenvalue weighted by Gasteiger charge is 2.46. The quantitative estimate of drug-likeness (QED) is 0.775. The molecule has 0 bridgehead atoms. The van der Waals surface area contributed by atoms with Crippen molar-refractivity contribution in [2.24, 2.45) is 17.8 Å². The van der Waals surface area contributed by atoms with Crippen molar-refractivity contribution >= 4 is 11.8 Å². The Bertz CT molecular complexity index is 551. The zero-order valence-corrected chi connectivity index (χ0v) is 16.7. The van der Waals surface area contributed by atoms with E-state index in [1.165, 1.54) is 19.3 Å². The van der Waals surface area contributed by atoms with Crippen LogP contribution in [0.1, 0.15) is 59.3 Å². The van der Waals surface area contributed by atoms with Gasteiger partial charge in [-0.05, 0) is 56.8 Å². The SMILES string of the molecule is C[C@@H]1C[C@H](C)CN(C(=O)[C@H](C)N2CC[C@@H]3[C@H](CCC(=O)N3C3CC3)C2)C1. The molecule has 1 aliphatic carbocycles. The highest BCUT2D eigenvalue weighted by molar-refractivity contribution is 5.81. The molecule has 5 atom stereocenters.